The van der Waals surface area contributed by atoms with Crippen molar-refractivity contribution in [2.24, 2.45) is 0 Å². The lowest BCUT2D eigenvalue weighted by molar-refractivity contribution is -0.140. The Morgan fingerprint density at radius 2 is 1.69 bits per heavy atom. The lowest BCUT2D eigenvalue weighted by atomic mass is 10.1. The van der Waals surface area contributed by atoms with Gasteiger partial charge in [0, 0.05) is 35.1 Å². The number of nitrogens with one attached hydrogen (secondary N) is 1. The first kappa shape index (κ1) is 23.2. The van der Waals surface area contributed by atoms with Gasteiger partial charge in [-0.3, -0.25) is 9.59 Å². The van der Waals surface area contributed by atoms with Crippen LogP contribution >= 0.6 is 23.2 Å². The van der Waals surface area contributed by atoms with Crippen LogP contribution in [0.25, 0.3) is 0 Å². The van der Waals surface area contributed by atoms with E-state index in [-0.39, 0.29) is 18.4 Å². The summed E-state index contributed by atoms with van der Waals surface area (Å²) in [6.45, 7) is 6.51. The second kappa shape index (κ2) is 11.2. The summed E-state index contributed by atoms with van der Waals surface area (Å²) in [5, 5.41) is 3.83. The number of hydrogen-bond donors (Lipinski definition) is 1. The molecule has 0 bridgehead atoms. The monoisotopic (exact) mass is 434 g/mol. The molecular formula is C23H28Cl2N2O2. The van der Waals surface area contributed by atoms with Crippen LogP contribution in [0.5, 0.6) is 0 Å². The van der Waals surface area contributed by atoms with Gasteiger partial charge in [-0.1, -0.05) is 66.0 Å². The predicted octanol–water partition coefficient (Wildman–Crippen LogP) is 5.18. The first-order valence-electron chi connectivity index (χ1n) is 9.89. The fourth-order valence-corrected chi connectivity index (χ4v) is 3.50. The molecule has 2 aromatic rings. The quantitative estimate of drug-likeness (QED) is 0.590. The molecule has 0 saturated heterocycles. The van der Waals surface area contributed by atoms with Crippen LogP contribution in [0.15, 0.2) is 42.5 Å². The highest BCUT2D eigenvalue weighted by Gasteiger charge is 2.27. The van der Waals surface area contributed by atoms with Crippen LogP contribution in [0.3, 0.4) is 0 Å². The SMILES string of the molecule is CCCNC(=O)[C@H](C)N(Cc1c(Cl)cccc1Cl)C(=O)CCc1ccc(C)cc1. The van der Waals surface area contributed by atoms with Gasteiger partial charge in [0.25, 0.3) is 0 Å². The second-order valence-electron chi connectivity index (χ2n) is 7.17. The van der Waals surface area contributed by atoms with Gasteiger partial charge in [0.05, 0.1) is 0 Å². The molecule has 4 nitrogen and oxygen atoms in total. The summed E-state index contributed by atoms with van der Waals surface area (Å²) in [5.41, 5.74) is 2.91. The van der Waals surface area contributed by atoms with Gasteiger partial charge in [0.2, 0.25) is 11.8 Å². The minimum Gasteiger partial charge on any atom is -0.354 e. The molecule has 29 heavy (non-hydrogen) atoms. The van der Waals surface area contributed by atoms with Crippen molar-refractivity contribution in [3.05, 3.63) is 69.2 Å². The molecule has 0 saturated carbocycles. The van der Waals surface area contributed by atoms with Crippen LogP contribution < -0.4 is 5.32 Å². The van der Waals surface area contributed by atoms with Crippen molar-refractivity contribution in [3.63, 3.8) is 0 Å². The molecule has 0 fully saturated rings. The van der Waals surface area contributed by atoms with Crippen molar-refractivity contribution >= 4 is 35.0 Å². The number of amides is 2. The van der Waals surface area contributed by atoms with Crippen molar-refractivity contribution < 1.29 is 9.59 Å². The molecule has 2 rings (SSSR count). The third kappa shape index (κ3) is 6.76. The molecule has 2 aromatic carbocycles. The largest absolute Gasteiger partial charge is 0.354 e. The maximum atomic E-state index is 13.1. The van der Waals surface area contributed by atoms with E-state index in [0.29, 0.717) is 35.0 Å². The average Bonchev–Trinajstić information content (AvgIpc) is 2.70. The number of nitrogens with zero attached hydrogens (tertiary/aromatic N) is 1. The van der Waals surface area contributed by atoms with Crippen molar-refractivity contribution in [3.8, 4) is 0 Å². The average molecular weight is 435 g/mol. The zero-order valence-corrected chi connectivity index (χ0v) is 18.7. The Morgan fingerprint density at radius 3 is 2.28 bits per heavy atom. The number of carbonyl (C=O) groups excluding carboxylic acids is 2. The van der Waals surface area contributed by atoms with Gasteiger partial charge in [0.15, 0.2) is 0 Å². The smallest absolute Gasteiger partial charge is 0.242 e. The Bertz CT molecular complexity index is 817. The van der Waals surface area contributed by atoms with E-state index in [1.54, 1.807) is 30.0 Å². The molecule has 0 heterocycles. The molecule has 1 atom stereocenters. The Balaban J connectivity index is 2.19. The molecule has 0 aliphatic carbocycles. The predicted molar refractivity (Wildman–Crippen MR) is 119 cm³/mol. The first-order valence-corrected chi connectivity index (χ1v) is 10.6. The van der Waals surface area contributed by atoms with E-state index in [1.165, 1.54) is 5.56 Å². The van der Waals surface area contributed by atoms with Crippen LogP contribution in [0.1, 0.15) is 43.4 Å². The highest BCUT2D eigenvalue weighted by atomic mass is 35.5. The van der Waals surface area contributed by atoms with Crippen molar-refractivity contribution in [1.82, 2.24) is 10.2 Å². The molecule has 0 aliphatic rings. The van der Waals surface area contributed by atoms with Gasteiger partial charge in [-0.2, -0.15) is 0 Å². The summed E-state index contributed by atoms with van der Waals surface area (Å²) in [5.74, 6) is -0.292. The first-order chi connectivity index (χ1) is 13.8. The maximum absolute atomic E-state index is 13.1. The zero-order chi connectivity index (χ0) is 21.4. The number of benzene rings is 2. The summed E-state index contributed by atoms with van der Waals surface area (Å²) in [4.78, 5) is 27.2. The highest BCUT2D eigenvalue weighted by molar-refractivity contribution is 6.36. The summed E-state index contributed by atoms with van der Waals surface area (Å²) < 4.78 is 0. The normalized spacial score (nSPS) is 11.8. The third-order valence-electron chi connectivity index (χ3n) is 4.85. The molecule has 6 heteroatoms. The molecule has 0 radical (unpaired) electrons. The van der Waals surface area contributed by atoms with Gasteiger partial charge < -0.3 is 10.2 Å². The molecule has 0 aliphatic heterocycles. The zero-order valence-electron chi connectivity index (χ0n) is 17.2. The number of rotatable bonds is 9. The fourth-order valence-electron chi connectivity index (χ4n) is 2.98. The van der Waals surface area contributed by atoms with E-state index in [4.69, 9.17) is 23.2 Å². The van der Waals surface area contributed by atoms with Crippen LogP contribution in [-0.2, 0) is 22.6 Å². The standard InChI is InChI=1S/C23H28Cl2N2O2/c1-4-14-26-23(29)17(3)27(15-19-20(24)6-5-7-21(19)25)22(28)13-12-18-10-8-16(2)9-11-18/h5-11,17H,4,12-15H2,1-3H3,(H,26,29)/t17-/m0/s1. The van der Waals surface area contributed by atoms with Gasteiger partial charge in [0.1, 0.15) is 6.04 Å². The van der Waals surface area contributed by atoms with E-state index < -0.39 is 6.04 Å². The molecular weight excluding hydrogens is 407 g/mol. The second-order valence-corrected chi connectivity index (χ2v) is 7.99. The highest BCUT2D eigenvalue weighted by Crippen LogP contribution is 2.27. The molecule has 156 valence electrons. The van der Waals surface area contributed by atoms with Crippen LogP contribution in [0.2, 0.25) is 10.0 Å². The number of aryl methyl sites for hydroxylation is 2. The van der Waals surface area contributed by atoms with Crippen LogP contribution in [0, 0.1) is 6.92 Å². The number of hydrogen-bond acceptors (Lipinski definition) is 2. The fraction of sp³-hybridized carbons (Fsp3) is 0.391. The minimum atomic E-state index is -0.626. The van der Waals surface area contributed by atoms with E-state index in [1.807, 2.05) is 38.1 Å². The van der Waals surface area contributed by atoms with Gasteiger partial charge in [-0.05, 0) is 44.4 Å². The lowest BCUT2D eigenvalue weighted by Crippen LogP contribution is -2.47. The van der Waals surface area contributed by atoms with Gasteiger partial charge in [-0.25, -0.2) is 0 Å². The molecule has 1 N–H and O–H groups in total. The van der Waals surface area contributed by atoms with E-state index >= 15 is 0 Å². The van der Waals surface area contributed by atoms with E-state index in [0.717, 1.165) is 12.0 Å². The maximum Gasteiger partial charge on any atom is 0.242 e. The molecule has 2 amide bonds. The Kier molecular flexibility index (Phi) is 8.99. The summed E-state index contributed by atoms with van der Waals surface area (Å²) >= 11 is 12.6. The minimum absolute atomic E-state index is 0.110. The van der Waals surface area contributed by atoms with E-state index in [2.05, 4.69) is 5.32 Å². The van der Waals surface area contributed by atoms with Gasteiger partial charge in [-0.15, -0.1) is 0 Å². The molecule has 0 aromatic heterocycles. The van der Waals surface area contributed by atoms with Crippen molar-refractivity contribution in [2.75, 3.05) is 6.54 Å². The number of carbonyl (C=O) groups is 2. The van der Waals surface area contributed by atoms with Crippen molar-refractivity contribution in [2.45, 2.75) is 52.6 Å². The lowest BCUT2D eigenvalue weighted by Gasteiger charge is -2.29. The summed E-state index contributed by atoms with van der Waals surface area (Å²) in [6, 6.07) is 12.7. The van der Waals surface area contributed by atoms with Gasteiger partial charge >= 0.3 is 0 Å². The van der Waals surface area contributed by atoms with E-state index in [9.17, 15) is 9.59 Å². The molecule has 0 unspecified atom stereocenters. The Hall–Kier alpha value is -2.04. The number of halogens is 2. The van der Waals surface area contributed by atoms with Crippen LogP contribution in [0.4, 0.5) is 0 Å². The Morgan fingerprint density at radius 1 is 1.07 bits per heavy atom. The molecule has 0 spiro atoms. The summed E-state index contributed by atoms with van der Waals surface area (Å²) in [6.07, 6.45) is 1.74. The Labute approximate surface area is 183 Å². The van der Waals surface area contributed by atoms with Crippen LogP contribution in [-0.4, -0.2) is 29.3 Å². The van der Waals surface area contributed by atoms with Crippen molar-refractivity contribution in [1.29, 1.82) is 0 Å². The topological polar surface area (TPSA) is 49.4 Å². The third-order valence-corrected chi connectivity index (χ3v) is 5.56. The summed E-state index contributed by atoms with van der Waals surface area (Å²) in [7, 11) is 0.